The number of benzene rings is 1. The number of esters is 1. The maximum Gasteiger partial charge on any atom is 0.307 e. The van der Waals surface area contributed by atoms with Crippen molar-refractivity contribution >= 4 is 17.6 Å². The van der Waals surface area contributed by atoms with Crippen molar-refractivity contribution in [3.05, 3.63) is 39.9 Å². The standard InChI is InChI=1S/C13H16N2O5/c1-2-20-13(17)7-8-14-12(16)9-10-3-5-11(6-4-10)15(18)19/h3-6H,2,7-9H2,1H3,(H,14,16). The quantitative estimate of drug-likeness (QED) is 0.460. The number of nitro groups is 1. The highest BCUT2D eigenvalue weighted by Gasteiger charge is 2.08. The lowest BCUT2D eigenvalue weighted by molar-refractivity contribution is -0.384. The van der Waals surface area contributed by atoms with Gasteiger partial charge in [0.2, 0.25) is 5.91 Å². The van der Waals surface area contributed by atoms with E-state index in [1.54, 1.807) is 6.92 Å². The average Bonchev–Trinajstić information content (AvgIpc) is 2.39. The number of hydrogen-bond donors (Lipinski definition) is 1. The van der Waals surface area contributed by atoms with Crippen molar-refractivity contribution in [3.63, 3.8) is 0 Å². The highest BCUT2D eigenvalue weighted by atomic mass is 16.6. The first-order chi connectivity index (χ1) is 9.52. The van der Waals surface area contributed by atoms with E-state index in [0.717, 1.165) is 0 Å². The topological polar surface area (TPSA) is 98.5 Å². The van der Waals surface area contributed by atoms with Crippen LogP contribution in [0.15, 0.2) is 24.3 Å². The Hall–Kier alpha value is -2.44. The third-order valence-electron chi connectivity index (χ3n) is 2.47. The second-order valence-corrected chi connectivity index (χ2v) is 4.01. The van der Waals surface area contributed by atoms with Gasteiger partial charge in [0.1, 0.15) is 0 Å². The third-order valence-corrected chi connectivity index (χ3v) is 2.47. The first kappa shape index (κ1) is 15.6. The highest BCUT2D eigenvalue weighted by Crippen LogP contribution is 2.12. The number of nitrogens with zero attached hydrogens (tertiary/aromatic N) is 1. The Morgan fingerprint density at radius 3 is 2.50 bits per heavy atom. The highest BCUT2D eigenvalue weighted by molar-refractivity contribution is 5.79. The van der Waals surface area contributed by atoms with Crippen molar-refractivity contribution < 1.29 is 19.2 Å². The molecule has 7 heteroatoms. The van der Waals surface area contributed by atoms with Gasteiger partial charge in [-0.15, -0.1) is 0 Å². The van der Waals surface area contributed by atoms with Crippen molar-refractivity contribution in [2.24, 2.45) is 0 Å². The van der Waals surface area contributed by atoms with Crippen molar-refractivity contribution in [2.75, 3.05) is 13.2 Å². The summed E-state index contributed by atoms with van der Waals surface area (Å²) < 4.78 is 4.72. The molecule has 1 aromatic rings. The van der Waals surface area contributed by atoms with Gasteiger partial charge >= 0.3 is 5.97 Å². The zero-order chi connectivity index (χ0) is 15.0. The maximum atomic E-state index is 11.6. The molecular formula is C13H16N2O5. The summed E-state index contributed by atoms with van der Waals surface area (Å²) in [6.45, 7) is 2.24. The van der Waals surface area contributed by atoms with Gasteiger partial charge in [0.15, 0.2) is 0 Å². The fourth-order valence-corrected chi connectivity index (χ4v) is 1.52. The normalized spacial score (nSPS) is 9.85. The molecule has 0 atom stereocenters. The van der Waals surface area contributed by atoms with Gasteiger partial charge in [0, 0.05) is 18.7 Å². The molecule has 0 aliphatic carbocycles. The molecular weight excluding hydrogens is 264 g/mol. The Kier molecular flexibility index (Phi) is 6.15. The van der Waals surface area contributed by atoms with E-state index in [9.17, 15) is 19.7 Å². The molecule has 20 heavy (non-hydrogen) atoms. The maximum absolute atomic E-state index is 11.6. The SMILES string of the molecule is CCOC(=O)CCNC(=O)Cc1ccc([N+](=O)[O-])cc1. The molecule has 0 heterocycles. The molecule has 108 valence electrons. The molecule has 0 bridgehead atoms. The van der Waals surface area contributed by atoms with Crippen LogP contribution in [0.25, 0.3) is 0 Å². The summed E-state index contributed by atoms with van der Waals surface area (Å²) in [6, 6.07) is 5.76. The van der Waals surface area contributed by atoms with Crippen LogP contribution in [0.3, 0.4) is 0 Å². The first-order valence-electron chi connectivity index (χ1n) is 6.18. The number of nitro benzene ring substituents is 1. The van der Waals surface area contributed by atoms with E-state index in [-0.39, 0.29) is 37.0 Å². The van der Waals surface area contributed by atoms with Gasteiger partial charge in [0.25, 0.3) is 5.69 Å². The van der Waals surface area contributed by atoms with Crippen LogP contribution in [-0.2, 0) is 20.7 Å². The molecule has 1 amide bonds. The van der Waals surface area contributed by atoms with Crippen molar-refractivity contribution in [3.8, 4) is 0 Å². The Morgan fingerprint density at radius 1 is 1.30 bits per heavy atom. The van der Waals surface area contributed by atoms with Crippen LogP contribution in [0.5, 0.6) is 0 Å². The Balaban J connectivity index is 2.35. The molecule has 0 aromatic heterocycles. The number of carbonyl (C=O) groups is 2. The van der Waals surface area contributed by atoms with E-state index in [1.165, 1.54) is 24.3 Å². The lowest BCUT2D eigenvalue weighted by Gasteiger charge is -2.05. The number of nitrogens with one attached hydrogen (secondary N) is 1. The van der Waals surface area contributed by atoms with Crippen LogP contribution in [-0.4, -0.2) is 30.0 Å². The van der Waals surface area contributed by atoms with E-state index in [4.69, 9.17) is 4.74 Å². The Labute approximate surface area is 116 Å². The van der Waals surface area contributed by atoms with Crippen LogP contribution in [0.2, 0.25) is 0 Å². The van der Waals surface area contributed by atoms with Crippen LogP contribution >= 0.6 is 0 Å². The smallest absolute Gasteiger partial charge is 0.307 e. The van der Waals surface area contributed by atoms with E-state index >= 15 is 0 Å². The number of amides is 1. The fourth-order valence-electron chi connectivity index (χ4n) is 1.52. The number of non-ortho nitro benzene ring substituents is 1. The van der Waals surface area contributed by atoms with Crippen LogP contribution in [0.4, 0.5) is 5.69 Å². The van der Waals surface area contributed by atoms with Crippen LogP contribution in [0, 0.1) is 10.1 Å². The monoisotopic (exact) mass is 280 g/mol. The Morgan fingerprint density at radius 2 is 1.95 bits per heavy atom. The molecule has 0 aliphatic rings. The number of carbonyl (C=O) groups excluding carboxylic acids is 2. The molecule has 7 nitrogen and oxygen atoms in total. The average molecular weight is 280 g/mol. The van der Waals surface area contributed by atoms with Crippen LogP contribution in [0.1, 0.15) is 18.9 Å². The fraction of sp³-hybridized carbons (Fsp3) is 0.385. The summed E-state index contributed by atoms with van der Waals surface area (Å²) in [5.74, 6) is -0.605. The number of ether oxygens (including phenoxy) is 1. The minimum absolute atomic E-state index is 0.0172. The third kappa shape index (κ3) is 5.47. The first-order valence-corrected chi connectivity index (χ1v) is 6.18. The van der Waals surface area contributed by atoms with Crippen molar-refractivity contribution in [1.29, 1.82) is 0 Å². The lowest BCUT2D eigenvalue weighted by Crippen LogP contribution is -2.27. The second-order valence-electron chi connectivity index (χ2n) is 4.01. The second kappa shape index (κ2) is 7.88. The summed E-state index contributed by atoms with van der Waals surface area (Å²) in [5.41, 5.74) is 0.653. The predicted octanol–water partition coefficient (Wildman–Crippen LogP) is 1.21. The minimum Gasteiger partial charge on any atom is -0.466 e. The van der Waals surface area contributed by atoms with Gasteiger partial charge < -0.3 is 10.1 Å². The predicted molar refractivity (Wildman–Crippen MR) is 71.1 cm³/mol. The summed E-state index contributed by atoms with van der Waals surface area (Å²) in [5, 5.41) is 13.1. The zero-order valence-corrected chi connectivity index (χ0v) is 11.1. The molecule has 0 spiro atoms. The van der Waals surface area contributed by atoms with Gasteiger partial charge in [-0.3, -0.25) is 19.7 Å². The molecule has 1 aromatic carbocycles. The summed E-state index contributed by atoms with van der Waals surface area (Å²) in [4.78, 5) is 32.6. The molecule has 0 saturated carbocycles. The Bertz CT molecular complexity index is 484. The van der Waals surface area contributed by atoms with Crippen molar-refractivity contribution in [1.82, 2.24) is 5.32 Å². The van der Waals surface area contributed by atoms with Crippen LogP contribution < -0.4 is 5.32 Å². The van der Waals surface area contributed by atoms with E-state index in [0.29, 0.717) is 12.2 Å². The lowest BCUT2D eigenvalue weighted by atomic mass is 10.1. The number of rotatable bonds is 7. The van der Waals surface area contributed by atoms with Crippen molar-refractivity contribution in [2.45, 2.75) is 19.8 Å². The largest absolute Gasteiger partial charge is 0.466 e. The van der Waals surface area contributed by atoms with Gasteiger partial charge in [-0.1, -0.05) is 12.1 Å². The van der Waals surface area contributed by atoms with Gasteiger partial charge in [-0.05, 0) is 12.5 Å². The molecule has 1 rings (SSSR count). The minimum atomic E-state index is -0.497. The van der Waals surface area contributed by atoms with E-state index < -0.39 is 4.92 Å². The molecule has 0 radical (unpaired) electrons. The molecule has 0 saturated heterocycles. The summed E-state index contributed by atoms with van der Waals surface area (Å²) in [7, 11) is 0. The molecule has 0 unspecified atom stereocenters. The van der Waals surface area contributed by atoms with Gasteiger partial charge in [0.05, 0.1) is 24.4 Å². The summed E-state index contributed by atoms with van der Waals surface area (Å²) in [6.07, 6.45) is 0.237. The zero-order valence-electron chi connectivity index (χ0n) is 11.1. The number of hydrogen-bond acceptors (Lipinski definition) is 5. The molecule has 1 N–H and O–H groups in total. The summed E-state index contributed by atoms with van der Waals surface area (Å²) >= 11 is 0. The van der Waals surface area contributed by atoms with Gasteiger partial charge in [-0.25, -0.2) is 0 Å². The molecule has 0 aliphatic heterocycles. The van der Waals surface area contributed by atoms with Gasteiger partial charge in [-0.2, -0.15) is 0 Å². The van der Waals surface area contributed by atoms with E-state index in [2.05, 4.69) is 5.32 Å². The molecule has 0 fully saturated rings. The van der Waals surface area contributed by atoms with E-state index in [1.807, 2.05) is 0 Å².